The van der Waals surface area contributed by atoms with E-state index in [0.29, 0.717) is 19.0 Å². The van der Waals surface area contributed by atoms with Crippen molar-refractivity contribution >= 4 is 12.0 Å². The van der Waals surface area contributed by atoms with Crippen LogP contribution in [0.15, 0.2) is 0 Å². The van der Waals surface area contributed by atoms with Gasteiger partial charge in [0, 0.05) is 20.1 Å². The van der Waals surface area contributed by atoms with E-state index in [-0.39, 0.29) is 24.5 Å². The third kappa shape index (κ3) is 2.65. The van der Waals surface area contributed by atoms with Gasteiger partial charge >= 0.3 is 12.0 Å². The van der Waals surface area contributed by atoms with Crippen LogP contribution in [0.5, 0.6) is 0 Å². The average Bonchev–Trinajstić information content (AvgIpc) is 2.53. The minimum atomic E-state index is -0.275. The second kappa shape index (κ2) is 5.18. The number of nitrogens with zero attached hydrogens (tertiary/aromatic N) is 2. The molecule has 1 saturated heterocycles. The summed E-state index contributed by atoms with van der Waals surface area (Å²) in [6.45, 7) is 5.33. The van der Waals surface area contributed by atoms with Crippen molar-refractivity contribution in [2.45, 2.75) is 26.3 Å². The van der Waals surface area contributed by atoms with E-state index in [1.54, 1.807) is 9.80 Å². The molecule has 1 rings (SSSR count). The number of ether oxygens (including phenoxy) is 1. The number of esters is 1. The average molecular weight is 228 g/mol. The zero-order valence-electron chi connectivity index (χ0n) is 10.4. The monoisotopic (exact) mass is 228 g/mol. The van der Waals surface area contributed by atoms with E-state index in [1.807, 2.05) is 7.05 Å². The Balaban J connectivity index is 2.51. The van der Waals surface area contributed by atoms with E-state index in [0.717, 1.165) is 0 Å². The van der Waals surface area contributed by atoms with E-state index in [2.05, 4.69) is 18.6 Å². The highest BCUT2D eigenvalue weighted by Gasteiger charge is 2.35. The van der Waals surface area contributed by atoms with Crippen molar-refractivity contribution in [1.82, 2.24) is 9.80 Å². The van der Waals surface area contributed by atoms with Crippen LogP contribution in [-0.2, 0) is 9.53 Å². The Labute approximate surface area is 96.3 Å². The first-order valence-corrected chi connectivity index (χ1v) is 5.56. The molecule has 0 saturated carbocycles. The molecule has 0 bridgehead atoms. The standard InChI is InChI=1S/C11H20N2O3/c1-8(2)9-7-13(11(15)12(9)3)6-5-10(14)16-4/h8-9H,5-7H2,1-4H3. The highest BCUT2D eigenvalue weighted by Crippen LogP contribution is 2.20. The maximum absolute atomic E-state index is 11.8. The fraction of sp³-hybridized carbons (Fsp3) is 0.818. The Morgan fingerprint density at radius 2 is 2.19 bits per heavy atom. The Morgan fingerprint density at radius 1 is 1.56 bits per heavy atom. The van der Waals surface area contributed by atoms with Gasteiger partial charge in [-0.3, -0.25) is 4.79 Å². The first kappa shape index (κ1) is 12.8. The minimum Gasteiger partial charge on any atom is -0.469 e. The topological polar surface area (TPSA) is 49.9 Å². The summed E-state index contributed by atoms with van der Waals surface area (Å²) < 4.78 is 4.56. The normalized spacial score (nSPS) is 20.8. The van der Waals surface area contributed by atoms with Gasteiger partial charge in [0.25, 0.3) is 0 Å². The van der Waals surface area contributed by atoms with Gasteiger partial charge in [-0.25, -0.2) is 4.79 Å². The minimum absolute atomic E-state index is 0.00241. The number of hydrogen-bond donors (Lipinski definition) is 0. The molecule has 0 radical (unpaired) electrons. The molecule has 1 aliphatic rings. The molecule has 1 unspecified atom stereocenters. The molecule has 1 aliphatic heterocycles. The van der Waals surface area contributed by atoms with Crippen LogP contribution in [0.3, 0.4) is 0 Å². The van der Waals surface area contributed by atoms with Gasteiger partial charge in [0.1, 0.15) is 0 Å². The number of hydrogen-bond acceptors (Lipinski definition) is 3. The summed E-state index contributed by atoms with van der Waals surface area (Å²) in [6, 6.07) is 0.243. The molecule has 1 atom stereocenters. The Bertz CT molecular complexity index is 278. The molecule has 1 heterocycles. The van der Waals surface area contributed by atoms with Crippen molar-refractivity contribution in [2.24, 2.45) is 5.92 Å². The highest BCUT2D eigenvalue weighted by molar-refractivity contribution is 5.78. The molecular formula is C11H20N2O3. The molecule has 5 nitrogen and oxygen atoms in total. The molecule has 0 aromatic rings. The van der Waals surface area contributed by atoms with E-state index in [4.69, 9.17) is 0 Å². The van der Waals surface area contributed by atoms with E-state index in [9.17, 15) is 9.59 Å². The quantitative estimate of drug-likeness (QED) is 0.673. The van der Waals surface area contributed by atoms with Crippen LogP contribution in [0.1, 0.15) is 20.3 Å². The Hall–Kier alpha value is -1.26. The summed E-state index contributed by atoms with van der Waals surface area (Å²) in [6.07, 6.45) is 0.265. The third-order valence-electron chi connectivity index (χ3n) is 3.06. The fourth-order valence-electron chi connectivity index (χ4n) is 1.96. The van der Waals surface area contributed by atoms with Crippen molar-refractivity contribution < 1.29 is 14.3 Å². The highest BCUT2D eigenvalue weighted by atomic mass is 16.5. The van der Waals surface area contributed by atoms with Gasteiger partial charge in [-0.05, 0) is 5.92 Å². The number of carbonyl (C=O) groups excluding carboxylic acids is 2. The molecule has 16 heavy (non-hydrogen) atoms. The summed E-state index contributed by atoms with van der Waals surface area (Å²) in [5, 5.41) is 0. The first-order chi connectivity index (χ1) is 7.47. The van der Waals surface area contributed by atoms with E-state index in [1.165, 1.54) is 7.11 Å². The van der Waals surface area contributed by atoms with Gasteiger partial charge in [-0.15, -0.1) is 0 Å². The van der Waals surface area contributed by atoms with Gasteiger partial charge in [0.05, 0.1) is 19.6 Å². The number of methoxy groups -OCH3 is 1. The van der Waals surface area contributed by atoms with E-state index < -0.39 is 0 Å². The summed E-state index contributed by atoms with van der Waals surface area (Å²) in [4.78, 5) is 26.3. The molecule has 0 spiro atoms. The second-order valence-electron chi connectivity index (χ2n) is 4.48. The Morgan fingerprint density at radius 3 is 2.62 bits per heavy atom. The number of rotatable bonds is 4. The summed E-state index contributed by atoms with van der Waals surface area (Å²) in [5.41, 5.74) is 0. The molecule has 0 aliphatic carbocycles. The summed E-state index contributed by atoms with van der Waals surface area (Å²) in [5.74, 6) is 0.153. The third-order valence-corrected chi connectivity index (χ3v) is 3.06. The van der Waals surface area contributed by atoms with Crippen molar-refractivity contribution in [1.29, 1.82) is 0 Å². The lowest BCUT2D eigenvalue weighted by atomic mass is 10.0. The van der Waals surface area contributed by atoms with Crippen LogP contribution < -0.4 is 0 Å². The number of carbonyl (C=O) groups is 2. The Kier molecular flexibility index (Phi) is 4.15. The van der Waals surface area contributed by atoms with E-state index >= 15 is 0 Å². The SMILES string of the molecule is COC(=O)CCN1CC(C(C)C)N(C)C1=O. The maximum Gasteiger partial charge on any atom is 0.320 e. The lowest BCUT2D eigenvalue weighted by Crippen LogP contribution is -2.34. The van der Waals surface area contributed by atoms with Gasteiger partial charge in [0.2, 0.25) is 0 Å². The van der Waals surface area contributed by atoms with Gasteiger partial charge in [-0.1, -0.05) is 13.8 Å². The molecule has 0 aromatic carbocycles. The van der Waals surface area contributed by atoms with Crippen LogP contribution in [-0.4, -0.2) is 55.1 Å². The number of urea groups is 1. The summed E-state index contributed by atoms with van der Waals surface area (Å²) in [7, 11) is 3.17. The smallest absolute Gasteiger partial charge is 0.320 e. The van der Waals surface area contributed by atoms with Crippen LogP contribution in [0.25, 0.3) is 0 Å². The lowest BCUT2D eigenvalue weighted by Gasteiger charge is -2.20. The van der Waals surface area contributed by atoms with Gasteiger partial charge in [-0.2, -0.15) is 0 Å². The van der Waals surface area contributed by atoms with Crippen molar-refractivity contribution in [3.8, 4) is 0 Å². The number of likely N-dealkylation sites (N-methyl/N-ethyl adjacent to an activating group) is 1. The summed E-state index contributed by atoms with van der Waals surface area (Å²) >= 11 is 0. The fourth-order valence-corrected chi connectivity index (χ4v) is 1.96. The first-order valence-electron chi connectivity index (χ1n) is 5.56. The molecule has 1 fully saturated rings. The zero-order valence-corrected chi connectivity index (χ0v) is 10.4. The molecule has 92 valence electrons. The van der Waals surface area contributed by atoms with Crippen LogP contribution in [0, 0.1) is 5.92 Å². The predicted molar refractivity (Wildman–Crippen MR) is 60.0 cm³/mol. The maximum atomic E-state index is 11.8. The van der Waals surface area contributed by atoms with Crippen LogP contribution in [0.4, 0.5) is 4.79 Å². The zero-order chi connectivity index (χ0) is 12.3. The predicted octanol–water partition coefficient (Wildman–Crippen LogP) is 0.941. The van der Waals surface area contributed by atoms with Gasteiger partial charge < -0.3 is 14.5 Å². The number of amides is 2. The molecule has 2 amide bonds. The molecule has 5 heteroatoms. The van der Waals surface area contributed by atoms with Crippen molar-refractivity contribution in [2.75, 3.05) is 27.2 Å². The lowest BCUT2D eigenvalue weighted by molar-refractivity contribution is -0.140. The van der Waals surface area contributed by atoms with Crippen LogP contribution >= 0.6 is 0 Å². The van der Waals surface area contributed by atoms with Gasteiger partial charge in [0.15, 0.2) is 0 Å². The van der Waals surface area contributed by atoms with Crippen LogP contribution in [0.2, 0.25) is 0 Å². The second-order valence-corrected chi connectivity index (χ2v) is 4.48. The molecular weight excluding hydrogens is 208 g/mol. The largest absolute Gasteiger partial charge is 0.469 e. The molecule has 0 aromatic heterocycles. The van der Waals surface area contributed by atoms with Crippen molar-refractivity contribution in [3.05, 3.63) is 0 Å². The molecule has 0 N–H and O–H groups in total. The van der Waals surface area contributed by atoms with Crippen molar-refractivity contribution in [3.63, 3.8) is 0 Å².